The summed E-state index contributed by atoms with van der Waals surface area (Å²) in [6.45, 7) is 5.25. The number of hydrogen-bond acceptors (Lipinski definition) is 6. The Morgan fingerprint density at radius 2 is 1.96 bits per heavy atom. The largest absolute Gasteiger partial charge is 0.361 e. The van der Waals surface area contributed by atoms with Gasteiger partial charge in [-0.2, -0.15) is 0 Å². The second kappa shape index (κ2) is 7.26. The number of likely N-dealkylation sites (tertiary alicyclic amines) is 1. The van der Waals surface area contributed by atoms with Gasteiger partial charge in [0, 0.05) is 48.9 Å². The third-order valence-electron chi connectivity index (χ3n) is 5.09. The Labute approximate surface area is 157 Å². The summed E-state index contributed by atoms with van der Waals surface area (Å²) >= 11 is 0. The van der Waals surface area contributed by atoms with E-state index >= 15 is 0 Å². The SMILES string of the molecule is Cc1noc(C)c1-c1ccnc(C2CCN(C(=O)c3cnccn3)CC2)c1. The van der Waals surface area contributed by atoms with Crippen LogP contribution in [0, 0.1) is 13.8 Å². The third-order valence-corrected chi connectivity index (χ3v) is 5.09. The lowest BCUT2D eigenvalue weighted by Gasteiger charge is -2.31. The molecular weight excluding hydrogens is 342 g/mol. The molecule has 4 rings (SSSR count). The van der Waals surface area contributed by atoms with Crippen molar-refractivity contribution in [2.24, 2.45) is 0 Å². The van der Waals surface area contributed by atoms with Gasteiger partial charge in [-0.25, -0.2) is 4.98 Å². The first kappa shape index (κ1) is 17.3. The molecule has 0 N–H and O–H groups in total. The van der Waals surface area contributed by atoms with E-state index in [2.05, 4.69) is 26.2 Å². The quantitative estimate of drug-likeness (QED) is 0.710. The molecule has 3 aromatic rings. The van der Waals surface area contributed by atoms with Gasteiger partial charge in [-0.1, -0.05) is 5.16 Å². The van der Waals surface area contributed by atoms with E-state index in [4.69, 9.17) is 4.52 Å². The minimum atomic E-state index is -0.0565. The van der Waals surface area contributed by atoms with Gasteiger partial charge in [-0.3, -0.25) is 14.8 Å². The number of aromatic nitrogens is 4. The number of pyridine rings is 1. The highest BCUT2D eigenvalue weighted by Gasteiger charge is 2.26. The zero-order valence-corrected chi connectivity index (χ0v) is 15.4. The average molecular weight is 363 g/mol. The molecule has 1 aliphatic rings. The normalized spacial score (nSPS) is 15.1. The van der Waals surface area contributed by atoms with Gasteiger partial charge in [-0.05, 0) is 44.4 Å². The molecule has 0 bridgehead atoms. The maximum atomic E-state index is 12.5. The molecule has 0 saturated carbocycles. The van der Waals surface area contributed by atoms with Crippen molar-refractivity contribution in [2.45, 2.75) is 32.6 Å². The highest BCUT2D eigenvalue weighted by atomic mass is 16.5. The molecule has 1 aliphatic heterocycles. The summed E-state index contributed by atoms with van der Waals surface area (Å²) in [4.78, 5) is 27.0. The number of aryl methyl sites for hydroxylation is 2. The molecule has 0 spiro atoms. The number of piperidine rings is 1. The topological polar surface area (TPSA) is 85.0 Å². The highest BCUT2D eigenvalue weighted by Crippen LogP contribution is 2.32. The van der Waals surface area contributed by atoms with Crippen LogP contribution in [0.15, 0.2) is 41.4 Å². The molecule has 3 aromatic heterocycles. The van der Waals surface area contributed by atoms with Gasteiger partial charge in [0.15, 0.2) is 0 Å². The van der Waals surface area contributed by atoms with E-state index in [0.717, 1.165) is 41.1 Å². The molecule has 0 aliphatic carbocycles. The molecular formula is C20H21N5O2. The Bertz CT molecular complexity index is 927. The second-order valence-corrected chi connectivity index (χ2v) is 6.83. The Morgan fingerprint density at radius 1 is 1.15 bits per heavy atom. The molecule has 138 valence electrons. The van der Waals surface area contributed by atoms with Crippen LogP contribution in [0.4, 0.5) is 0 Å². The molecule has 1 fully saturated rings. The molecule has 7 heteroatoms. The van der Waals surface area contributed by atoms with E-state index in [0.29, 0.717) is 24.7 Å². The number of amides is 1. The van der Waals surface area contributed by atoms with Gasteiger partial charge < -0.3 is 9.42 Å². The van der Waals surface area contributed by atoms with Crippen molar-refractivity contribution in [1.82, 2.24) is 25.0 Å². The summed E-state index contributed by atoms with van der Waals surface area (Å²) < 4.78 is 5.29. The van der Waals surface area contributed by atoms with E-state index in [1.807, 2.05) is 31.0 Å². The van der Waals surface area contributed by atoms with Gasteiger partial charge in [0.1, 0.15) is 11.5 Å². The molecule has 4 heterocycles. The summed E-state index contributed by atoms with van der Waals surface area (Å²) in [5, 5.41) is 4.04. The number of nitrogens with zero attached hydrogens (tertiary/aromatic N) is 5. The summed E-state index contributed by atoms with van der Waals surface area (Å²) in [7, 11) is 0. The van der Waals surface area contributed by atoms with Crippen molar-refractivity contribution >= 4 is 5.91 Å². The second-order valence-electron chi connectivity index (χ2n) is 6.83. The maximum absolute atomic E-state index is 12.5. The smallest absolute Gasteiger partial charge is 0.274 e. The van der Waals surface area contributed by atoms with Crippen LogP contribution in [0.25, 0.3) is 11.1 Å². The maximum Gasteiger partial charge on any atom is 0.274 e. The molecule has 0 aromatic carbocycles. The van der Waals surface area contributed by atoms with Crippen molar-refractivity contribution in [3.8, 4) is 11.1 Å². The van der Waals surface area contributed by atoms with Gasteiger partial charge in [0.2, 0.25) is 0 Å². The van der Waals surface area contributed by atoms with Crippen molar-refractivity contribution in [3.05, 3.63) is 59.8 Å². The molecule has 7 nitrogen and oxygen atoms in total. The van der Waals surface area contributed by atoms with Crippen molar-refractivity contribution in [3.63, 3.8) is 0 Å². The third kappa shape index (κ3) is 3.45. The lowest BCUT2D eigenvalue weighted by Crippen LogP contribution is -2.38. The Morgan fingerprint density at radius 3 is 2.63 bits per heavy atom. The lowest BCUT2D eigenvalue weighted by atomic mass is 9.91. The van der Waals surface area contributed by atoms with Gasteiger partial charge >= 0.3 is 0 Å². The summed E-state index contributed by atoms with van der Waals surface area (Å²) in [5.41, 5.74) is 4.45. The van der Waals surface area contributed by atoms with Crippen LogP contribution in [0.5, 0.6) is 0 Å². The van der Waals surface area contributed by atoms with Crippen molar-refractivity contribution in [2.75, 3.05) is 13.1 Å². The number of rotatable bonds is 3. The van der Waals surface area contributed by atoms with Gasteiger partial charge in [0.25, 0.3) is 5.91 Å². The van der Waals surface area contributed by atoms with Crippen LogP contribution >= 0.6 is 0 Å². The molecule has 27 heavy (non-hydrogen) atoms. The fraction of sp³-hybridized carbons (Fsp3) is 0.350. The van der Waals surface area contributed by atoms with Crippen LogP contribution in [-0.2, 0) is 0 Å². The minimum Gasteiger partial charge on any atom is -0.361 e. The first-order chi connectivity index (χ1) is 13.1. The predicted molar refractivity (Wildman–Crippen MR) is 99.1 cm³/mol. The lowest BCUT2D eigenvalue weighted by molar-refractivity contribution is 0.0705. The van der Waals surface area contributed by atoms with Crippen molar-refractivity contribution in [1.29, 1.82) is 0 Å². The number of carbonyl (C=O) groups is 1. The van der Waals surface area contributed by atoms with Gasteiger partial charge in [-0.15, -0.1) is 0 Å². The Balaban J connectivity index is 1.47. The zero-order valence-electron chi connectivity index (χ0n) is 15.4. The molecule has 0 unspecified atom stereocenters. The van der Waals surface area contributed by atoms with E-state index in [-0.39, 0.29) is 5.91 Å². The van der Waals surface area contributed by atoms with Crippen LogP contribution in [0.3, 0.4) is 0 Å². The van der Waals surface area contributed by atoms with Crippen LogP contribution in [-0.4, -0.2) is 44.0 Å². The molecule has 1 saturated heterocycles. The first-order valence-corrected chi connectivity index (χ1v) is 9.08. The minimum absolute atomic E-state index is 0.0565. The Hall–Kier alpha value is -3.09. The van der Waals surface area contributed by atoms with Crippen LogP contribution < -0.4 is 0 Å². The van der Waals surface area contributed by atoms with E-state index in [9.17, 15) is 4.79 Å². The zero-order chi connectivity index (χ0) is 18.8. The number of hydrogen-bond donors (Lipinski definition) is 0. The molecule has 1 amide bonds. The van der Waals surface area contributed by atoms with Crippen molar-refractivity contribution < 1.29 is 9.32 Å². The van der Waals surface area contributed by atoms with Crippen LogP contribution in [0.1, 0.15) is 46.4 Å². The average Bonchev–Trinajstić information content (AvgIpc) is 3.06. The fourth-order valence-electron chi connectivity index (χ4n) is 3.67. The standard InChI is InChI=1S/C20H21N5O2/c1-13-19(14(2)27-24-13)16-3-6-22-17(11-16)15-4-9-25(10-5-15)20(26)18-12-21-7-8-23-18/h3,6-8,11-12,15H,4-5,9-10H2,1-2H3. The fourth-order valence-corrected chi connectivity index (χ4v) is 3.67. The number of carbonyl (C=O) groups excluding carboxylic acids is 1. The predicted octanol–water partition coefficient (Wildman–Crippen LogP) is 3.16. The summed E-state index contributed by atoms with van der Waals surface area (Å²) in [6, 6.07) is 4.11. The van der Waals surface area contributed by atoms with Crippen LogP contribution in [0.2, 0.25) is 0 Å². The van der Waals surface area contributed by atoms with E-state index < -0.39 is 0 Å². The first-order valence-electron chi connectivity index (χ1n) is 9.08. The Kier molecular flexibility index (Phi) is 4.66. The monoisotopic (exact) mass is 363 g/mol. The van der Waals surface area contributed by atoms with E-state index in [1.165, 1.54) is 6.20 Å². The van der Waals surface area contributed by atoms with E-state index in [1.54, 1.807) is 12.4 Å². The molecule has 0 radical (unpaired) electrons. The summed E-state index contributed by atoms with van der Waals surface area (Å²) in [6.07, 6.45) is 8.23. The highest BCUT2D eigenvalue weighted by molar-refractivity contribution is 5.92. The molecule has 0 atom stereocenters. The van der Waals surface area contributed by atoms with Gasteiger partial charge in [0.05, 0.1) is 11.9 Å². The summed E-state index contributed by atoms with van der Waals surface area (Å²) in [5.74, 6) is 1.09.